The standard InChI is InChI=1S/C26H25N7O2/c27-26-25-21(13-23(33(25)29-17-28-26)24(34)16-31-8-10-35-11-9-31)19-6-7-20-15-32(30-22(20)12-19)14-18-4-2-1-3-5-18/h1-7,12-13,15,17H,8-11,14,16H2,(H2,27,28,29). The first-order valence-electron chi connectivity index (χ1n) is 11.6. The highest BCUT2D eigenvalue weighted by atomic mass is 16.5. The van der Waals surface area contributed by atoms with E-state index >= 15 is 0 Å². The lowest BCUT2D eigenvalue weighted by Gasteiger charge is -2.25. The summed E-state index contributed by atoms with van der Waals surface area (Å²) in [6, 6.07) is 18.2. The summed E-state index contributed by atoms with van der Waals surface area (Å²) in [4.78, 5) is 19.5. The van der Waals surface area contributed by atoms with Crippen molar-refractivity contribution in [3.8, 4) is 11.1 Å². The summed E-state index contributed by atoms with van der Waals surface area (Å²) in [5.41, 5.74) is 11.2. The van der Waals surface area contributed by atoms with E-state index in [1.165, 1.54) is 11.9 Å². The average molecular weight is 468 g/mol. The normalized spacial score (nSPS) is 14.6. The van der Waals surface area contributed by atoms with Crippen molar-refractivity contribution in [2.24, 2.45) is 0 Å². The second-order valence-electron chi connectivity index (χ2n) is 8.75. The van der Waals surface area contributed by atoms with E-state index in [2.05, 4.69) is 27.1 Å². The molecular weight excluding hydrogens is 442 g/mol. The van der Waals surface area contributed by atoms with Gasteiger partial charge in [0.05, 0.1) is 31.8 Å². The third-order valence-electron chi connectivity index (χ3n) is 6.39. The van der Waals surface area contributed by atoms with E-state index in [1.807, 2.05) is 53.3 Å². The number of carbonyl (C=O) groups excluding carboxylic acids is 1. The van der Waals surface area contributed by atoms with Gasteiger partial charge in [0.2, 0.25) is 0 Å². The van der Waals surface area contributed by atoms with Crippen LogP contribution in [0.4, 0.5) is 5.82 Å². The van der Waals surface area contributed by atoms with Crippen LogP contribution in [0, 0.1) is 0 Å². The number of rotatable bonds is 6. The first kappa shape index (κ1) is 21.5. The van der Waals surface area contributed by atoms with Crippen molar-refractivity contribution < 1.29 is 9.53 Å². The number of Topliss-reactive ketones (excluding diaryl/α,β-unsaturated/α-hetero) is 1. The summed E-state index contributed by atoms with van der Waals surface area (Å²) in [5, 5.41) is 10.2. The molecule has 1 saturated heterocycles. The molecule has 0 amide bonds. The second-order valence-corrected chi connectivity index (χ2v) is 8.75. The fraction of sp³-hybridized carbons (Fsp3) is 0.231. The van der Waals surface area contributed by atoms with Crippen molar-refractivity contribution >= 4 is 28.0 Å². The van der Waals surface area contributed by atoms with Crippen molar-refractivity contribution in [1.29, 1.82) is 0 Å². The summed E-state index contributed by atoms with van der Waals surface area (Å²) in [7, 11) is 0. The van der Waals surface area contributed by atoms with Crippen molar-refractivity contribution in [2.45, 2.75) is 6.54 Å². The molecule has 6 rings (SSSR count). The second kappa shape index (κ2) is 8.94. The summed E-state index contributed by atoms with van der Waals surface area (Å²) < 4.78 is 8.95. The number of ether oxygens (including phenoxy) is 1. The van der Waals surface area contributed by atoms with Crippen molar-refractivity contribution in [1.82, 2.24) is 29.3 Å². The van der Waals surface area contributed by atoms with Gasteiger partial charge in [0.1, 0.15) is 17.5 Å². The van der Waals surface area contributed by atoms with E-state index in [1.54, 1.807) is 4.52 Å². The quantitative estimate of drug-likeness (QED) is 0.383. The van der Waals surface area contributed by atoms with Gasteiger partial charge < -0.3 is 10.5 Å². The molecule has 0 aliphatic carbocycles. The van der Waals surface area contributed by atoms with Gasteiger partial charge >= 0.3 is 0 Å². The van der Waals surface area contributed by atoms with Gasteiger partial charge in [0, 0.05) is 30.2 Å². The minimum atomic E-state index is -0.0144. The Labute approximate surface area is 201 Å². The molecular formula is C26H25N7O2. The molecule has 5 aromatic rings. The SMILES string of the molecule is Nc1ncnn2c(C(=O)CN3CCOCC3)cc(-c3ccc4cn(Cc5ccccc5)nc4c3)c12. The van der Waals surface area contributed by atoms with Crippen LogP contribution in [0.5, 0.6) is 0 Å². The van der Waals surface area contributed by atoms with Crippen LogP contribution in [0.1, 0.15) is 16.1 Å². The maximum absolute atomic E-state index is 13.3. The predicted octanol–water partition coefficient (Wildman–Crippen LogP) is 2.89. The highest BCUT2D eigenvalue weighted by molar-refractivity contribution is 6.02. The lowest BCUT2D eigenvalue weighted by atomic mass is 10.0. The maximum Gasteiger partial charge on any atom is 0.195 e. The topological polar surface area (TPSA) is 104 Å². The van der Waals surface area contributed by atoms with E-state index < -0.39 is 0 Å². The number of fused-ring (bicyclic) bond motifs is 2. The van der Waals surface area contributed by atoms with E-state index in [4.69, 9.17) is 15.6 Å². The fourth-order valence-corrected chi connectivity index (χ4v) is 4.62. The summed E-state index contributed by atoms with van der Waals surface area (Å²) in [5.74, 6) is 0.314. The molecule has 0 unspecified atom stereocenters. The third kappa shape index (κ3) is 4.16. The molecule has 2 aromatic carbocycles. The third-order valence-corrected chi connectivity index (χ3v) is 6.39. The van der Waals surface area contributed by atoms with Gasteiger partial charge in [0.15, 0.2) is 11.6 Å². The van der Waals surface area contributed by atoms with Crippen LogP contribution in [0.15, 0.2) is 67.1 Å². The van der Waals surface area contributed by atoms with Gasteiger partial charge in [-0.15, -0.1) is 0 Å². The Morgan fingerprint density at radius 1 is 1.06 bits per heavy atom. The number of aromatic nitrogens is 5. The van der Waals surface area contributed by atoms with Crippen molar-refractivity contribution in [2.75, 3.05) is 38.6 Å². The van der Waals surface area contributed by atoms with Gasteiger partial charge in [0.25, 0.3) is 0 Å². The molecule has 35 heavy (non-hydrogen) atoms. The van der Waals surface area contributed by atoms with E-state index in [0.717, 1.165) is 35.1 Å². The number of hydrogen-bond acceptors (Lipinski definition) is 7. The first-order valence-corrected chi connectivity index (χ1v) is 11.6. The van der Waals surface area contributed by atoms with Gasteiger partial charge in [-0.05, 0) is 23.3 Å². The number of nitrogens with zero attached hydrogens (tertiary/aromatic N) is 6. The lowest BCUT2D eigenvalue weighted by Crippen LogP contribution is -2.39. The highest BCUT2D eigenvalue weighted by Gasteiger charge is 2.22. The Bertz CT molecular complexity index is 1520. The number of morpholine rings is 1. The molecule has 0 bridgehead atoms. The molecule has 2 N–H and O–H groups in total. The number of carbonyl (C=O) groups is 1. The number of hydrogen-bond donors (Lipinski definition) is 1. The average Bonchev–Trinajstić information content (AvgIpc) is 3.47. The Morgan fingerprint density at radius 3 is 2.71 bits per heavy atom. The predicted molar refractivity (Wildman–Crippen MR) is 133 cm³/mol. The van der Waals surface area contributed by atoms with Crippen LogP contribution in [0.2, 0.25) is 0 Å². The zero-order valence-corrected chi connectivity index (χ0v) is 19.2. The number of anilines is 1. The van der Waals surface area contributed by atoms with E-state index in [9.17, 15) is 4.79 Å². The first-order chi connectivity index (χ1) is 17.2. The minimum Gasteiger partial charge on any atom is -0.382 e. The molecule has 0 spiro atoms. The number of nitrogen functional groups attached to an aromatic ring is 1. The van der Waals surface area contributed by atoms with Crippen LogP contribution >= 0.6 is 0 Å². The molecule has 1 aliphatic heterocycles. The Morgan fingerprint density at radius 2 is 1.89 bits per heavy atom. The van der Waals surface area contributed by atoms with Crippen LogP contribution in [-0.4, -0.2) is 67.9 Å². The monoisotopic (exact) mass is 467 g/mol. The van der Waals surface area contributed by atoms with Crippen molar-refractivity contribution in [3.63, 3.8) is 0 Å². The number of nitrogens with two attached hydrogens (primary N) is 1. The minimum absolute atomic E-state index is 0.0144. The molecule has 9 nitrogen and oxygen atoms in total. The van der Waals surface area contributed by atoms with Crippen LogP contribution in [-0.2, 0) is 11.3 Å². The Balaban J connectivity index is 1.37. The smallest absolute Gasteiger partial charge is 0.195 e. The Kier molecular flexibility index (Phi) is 5.48. The van der Waals surface area contributed by atoms with Gasteiger partial charge in [-0.1, -0.05) is 42.5 Å². The molecule has 0 atom stereocenters. The summed E-state index contributed by atoms with van der Waals surface area (Å²) in [6.45, 7) is 3.75. The Hall–Kier alpha value is -4.08. The van der Waals surface area contributed by atoms with Gasteiger partial charge in [-0.3, -0.25) is 14.4 Å². The molecule has 1 aliphatic rings. The zero-order chi connectivity index (χ0) is 23.8. The molecule has 1 fully saturated rings. The van der Waals surface area contributed by atoms with E-state index in [0.29, 0.717) is 43.3 Å². The highest BCUT2D eigenvalue weighted by Crippen LogP contribution is 2.32. The molecule has 9 heteroatoms. The van der Waals surface area contributed by atoms with Gasteiger partial charge in [-0.2, -0.15) is 10.2 Å². The molecule has 0 radical (unpaired) electrons. The summed E-state index contributed by atoms with van der Waals surface area (Å²) in [6.07, 6.45) is 3.42. The number of benzene rings is 2. The van der Waals surface area contributed by atoms with Gasteiger partial charge in [-0.25, -0.2) is 9.50 Å². The maximum atomic E-state index is 13.3. The lowest BCUT2D eigenvalue weighted by molar-refractivity contribution is 0.0369. The van der Waals surface area contributed by atoms with Crippen LogP contribution in [0.25, 0.3) is 27.5 Å². The zero-order valence-electron chi connectivity index (χ0n) is 19.2. The fourth-order valence-electron chi connectivity index (χ4n) is 4.62. The largest absolute Gasteiger partial charge is 0.382 e. The molecule has 4 heterocycles. The number of ketones is 1. The molecule has 0 saturated carbocycles. The van der Waals surface area contributed by atoms with Crippen molar-refractivity contribution in [3.05, 3.63) is 78.4 Å². The van der Waals surface area contributed by atoms with E-state index in [-0.39, 0.29) is 5.78 Å². The molecule has 176 valence electrons. The summed E-state index contributed by atoms with van der Waals surface area (Å²) >= 11 is 0. The van der Waals surface area contributed by atoms with Crippen LogP contribution < -0.4 is 5.73 Å². The molecule has 3 aromatic heterocycles. The van der Waals surface area contributed by atoms with Crippen LogP contribution in [0.3, 0.4) is 0 Å².